The van der Waals surface area contributed by atoms with Gasteiger partial charge in [-0.3, -0.25) is 9.35 Å². The van der Waals surface area contributed by atoms with Gasteiger partial charge >= 0.3 is 27.0 Å². The fourth-order valence-electron chi connectivity index (χ4n) is 4.18. The van der Waals surface area contributed by atoms with Crippen LogP contribution in [-0.2, 0) is 34.0 Å². The van der Waals surface area contributed by atoms with Gasteiger partial charge in [0.15, 0.2) is 0 Å². The molecule has 1 amide bonds. The van der Waals surface area contributed by atoms with E-state index in [1.165, 1.54) is 52.4 Å². The van der Waals surface area contributed by atoms with E-state index in [2.05, 4.69) is 19.1 Å². The first-order valence-corrected chi connectivity index (χ1v) is 15.1. The van der Waals surface area contributed by atoms with Crippen LogP contribution in [0.2, 0.25) is 0 Å². The first kappa shape index (κ1) is 36.0. The maximum absolute atomic E-state index is 12.6. The highest BCUT2D eigenvalue weighted by Gasteiger charge is 2.74. The van der Waals surface area contributed by atoms with Crippen molar-refractivity contribution in [1.29, 1.82) is 0 Å². The summed E-state index contributed by atoms with van der Waals surface area (Å²) in [6.07, 6.45) is 17.8. The van der Waals surface area contributed by atoms with E-state index in [0.29, 0.717) is 12.8 Å². The van der Waals surface area contributed by atoms with Gasteiger partial charge in [0.05, 0.1) is 0 Å². The van der Waals surface area contributed by atoms with Gasteiger partial charge in [0.2, 0.25) is 5.91 Å². The van der Waals surface area contributed by atoms with Crippen molar-refractivity contribution in [3.8, 4) is 0 Å². The zero-order valence-corrected chi connectivity index (χ0v) is 23.9. The van der Waals surface area contributed by atoms with Crippen molar-refractivity contribution < 1.29 is 47.0 Å². The summed E-state index contributed by atoms with van der Waals surface area (Å²) < 4.78 is 43.9. The third kappa shape index (κ3) is 11.0. The summed E-state index contributed by atoms with van der Waals surface area (Å²) in [6, 6.07) is 0. The lowest BCUT2D eigenvalue weighted by Gasteiger charge is -2.41. The molecule has 38 heavy (non-hydrogen) atoms. The van der Waals surface area contributed by atoms with Crippen molar-refractivity contribution in [1.82, 2.24) is 5.32 Å². The number of amides is 1. The number of nitrogens with one attached hydrogen (secondary N) is 1. The Labute approximate surface area is 227 Å². The number of aliphatic carboxylic acids is 2. The van der Waals surface area contributed by atoms with Crippen LogP contribution in [-0.4, -0.2) is 64.9 Å². The number of hydrogen-bond donors (Lipinski definition) is 4. The van der Waals surface area contributed by atoms with E-state index in [-0.39, 0.29) is 6.42 Å². The number of carbonyl (C=O) groups is 3. The molecular formula is C26H47NO10S. The molecule has 12 heteroatoms. The van der Waals surface area contributed by atoms with Crippen LogP contribution >= 0.6 is 0 Å². The lowest BCUT2D eigenvalue weighted by Crippen LogP contribution is -2.76. The molecule has 0 fully saturated rings. The third-order valence-corrected chi connectivity index (χ3v) is 7.41. The van der Waals surface area contributed by atoms with Gasteiger partial charge < -0.3 is 25.0 Å². The molecule has 11 nitrogen and oxygen atoms in total. The predicted molar refractivity (Wildman–Crippen MR) is 143 cm³/mol. The highest BCUT2D eigenvalue weighted by Crippen LogP contribution is 2.35. The van der Waals surface area contributed by atoms with Crippen LogP contribution in [0.1, 0.15) is 111 Å². The molecule has 0 spiro atoms. The van der Waals surface area contributed by atoms with Crippen molar-refractivity contribution in [3.63, 3.8) is 0 Å². The number of ether oxygens (including phenoxy) is 2. The molecule has 0 aliphatic heterocycles. The number of carboxylic acid groups (broad SMARTS) is 2. The minimum Gasteiger partial charge on any atom is -0.478 e. The maximum Gasteiger partial charge on any atom is 0.362 e. The van der Waals surface area contributed by atoms with Crippen molar-refractivity contribution in [2.75, 3.05) is 13.2 Å². The first-order chi connectivity index (χ1) is 18.0. The summed E-state index contributed by atoms with van der Waals surface area (Å²) in [6.45, 7) is 3.57. The summed E-state index contributed by atoms with van der Waals surface area (Å²) in [5, 5.41) is 21.4. The van der Waals surface area contributed by atoms with E-state index < -0.39 is 51.8 Å². The predicted octanol–water partition coefficient (Wildman–Crippen LogP) is 4.66. The molecule has 0 aromatic rings. The monoisotopic (exact) mass is 565 g/mol. The van der Waals surface area contributed by atoms with Crippen LogP contribution < -0.4 is 5.32 Å². The van der Waals surface area contributed by atoms with Gasteiger partial charge in [-0.1, -0.05) is 70.4 Å². The Balaban J connectivity index is 4.79. The minimum atomic E-state index is -5.76. The average Bonchev–Trinajstić information content (AvgIpc) is 2.83. The molecule has 2 atom stereocenters. The van der Waals surface area contributed by atoms with Gasteiger partial charge in [-0.05, 0) is 46.0 Å². The fourth-order valence-corrected chi connectivity index (χ4v) is 5.23. The van der Waals surface area contributed by atoms with Crippen LogP contribution in [0.3, 0.4) is 0 Å². The van der Waals surface area contributed by atoms with Gasteiger partial charge in [-0.2, -0.15) is 8.42 Å². The molecule has 0 heterocycles. The van der Waals surface area contributed by atoms with E-state index in [4.69, 9.17) is 9.47 Å². The highest BCUT2D eigenvalue weighted by atomic mass is 32.2. The van der Waals surface area contributed by atoms with Crippen molar-refractivity contribution in [3.05, 3.63) is 12.2 Å². The number of carboxylic acids is 2. The average molecular weight is 566 g/mol. The second-order valence-corrected chi connectivity index (χ2v) is 10.7. The van der Waals surface area contributed by atoms with Crippen molar-refractivity contribution in [2.45, 2.75) is 121 Å². The molecule has 0 aliphatic rings. The summed E-state index contributed by atoms with van der Waals surface area (Å²) in [5.41, 5.74) is -3.42. The largest absolute Gasteiger partial charge is 0.478 e. The number of unbranched alkanes of at least 4 members (excludes halogenated alkanes) is 11. The summed E-state index contributed by atoms with van der Waals surface area (Å²) in [7, 11) is -5.76. The molecule has 0 saturated carbocycles. The Kier molecular flexibility index (Phi) is 18.1. The molecule has 0 rings (SSSR count). The molecule has 222 valence electrons. The molecule has 2 unspecified atom stereocenters. The van der Waals surface area contributed by atoms with Gasteiger partial charge in [0.1, 0.15) is 0 Å². The van der Waals surface area contributed by atoms with Gasteiger partial charge in [0.25, 0.3) is 5.72 Å². The van der Waals surface area contributed by atoms with Gasteiger partial charge in [0, 0.05) is 19.6 Å². The standard InChI is InChI=1S/C26H47NO10S/c1-4-7-8-9-10-11-12-13-14-15-16-17-18-19-20-21-22(28)27-25(23(29)30,36-5-2)26(24(31)32,37-6-3)38(33,34)35/h13-14H,4-12,15-21H2,1-3H3,(H,27,28)(H,29,30)(H,31,32)(H,33,34,35)/b14-13-. The summed E-state index contributed by atoms with van der Waals surface area (Å²) in [5.74, 6) is -5.45. The van der Waals surface area contributed by atoms with Crippen molar-refractivity contribution in [2.24, 2.45) is 0 Å². The third-order valence-electron chi connectivity index (χ3n) is 6.10. The zero-order valence-electron chi connectivity index (χ0n) is 23.1. The quantitative estimate of drug-likeness (QED) is 0.0557. The molecule has 0 radical (unpaired) electrons. The summed E-state index contributed by atoms with van der Waals surface area (Å²) >= 11 is 0. The molecule has 0 saturated heterocycles. The van der Waals surface area contributed by atoms with E-state index in [1.54, 1.807) is 0 Å². The Morgan fingerprint density at radius 1 is 0.737 bits per heavy atom. The zero-order chi connectivity index (χ0) is 29.1. The van der Waals surface area contributed by atoms with E-state index in [9.17, 15) is 37.6 Å². The number of allylic oxidation sites excluding steroid dienone is 2. The maximum atomic E-state index is 12.6. The highest BCUT2D eigenvalue weighted by molar-refractivity contribution is 7.88. The smallest absolute Gasteiger partial charge is 0.362 e. The SMILES string of the molecule is CCCCCCCC/C=C\CCCCCCCC(=O)NC(OCC)(C(=O)O)C(OCC)(C(=O)O)S(=O)(=O)O. The van der Waals surface area contributed by atoms with E-state index in [1.807, 2.05) is 5.32 Å². The Morgan fingerprint density at radius 3 is 1.63 bits per heavy atom. The van der Waals surface area contributed by atoms with Crippen LogP contribution in [0.15, 0.2) is 12.2 Å². The van der Waals surface area contributed by atoms with Crippen molar-refractivity contribution >= 4 is 28.0 Å². The molecule has 0 aromatic carbocycles. The molecule has 0 aliphatic carbocycles. The Morgan fingerprint density at radius 2 is 1.21 bits per heavy atom. The number of rotatable bonds is 24. The normalized spacial score (nSPS) is 15.2. The Bertz CT molecular complexity index is 845. The van der Waals surface area contributed by atoms with E-state index in [0.717, 1.165) is 32.1 Å². The van der Waals surface area contributed by atoms with Crippen LogP contribution in [0, 0.1) is 0 Å². The van der Waals surface area contributed by atoms with Crippen LogP contribution in [0.5, 0.6) is 0 Å². The lowest BCUT2D eigenvalue weighted by atomic mass is 10.0. The lowest BCUT2D eigenvalue weighted by molar-refractivity contribution is -0.217. The number of carbonyl (C=O) groups excluding carboxylic acids is 1. The molecular weight excluding hydrogens is 518 g/mol. The summed E-state index contributed by atoms with van der Waals surface area (Å²) in [4.78, 5) is 32.9. The molecule has 0 bridgehead atoms. The fraction of sp³-hybridized carbons (Fsp3) is 0.808. The van der Waals surface area contributed by atoms with E-state index >= 15 is 0 Å². The van der Waals surface area contributed by atoms with Crippen LogP contribution in [0.25, 0.3) is 0 Å². The van der Waals surface area contributed by atoms with Gasteiger partial charge in [-0.25, -0.2) is 9.59 Å². The second-order valence-electron chi connectivity index (χ2n) is 9.13. The first-order valence-electron chi connectivity index (χ1n) is 13.6. The Hall–Kier alpha value is -2.02. The molecule has 0 aromatic heterocycles. The topological polar surface area (TPSA) is 177 Å². The van der Waals surface area contributed by atoms with Gasteiger partial charge in [-0.15, -0.1) is 0 Å². The minimum absolute atomic E-state index is 0.201. The molecule has 4 N–H and O–H groups in total. The second kappa shape index (κ2) is 19.1. The van der Waals surface area contributed by atoms with Crippen LogP contribution in [0.4, 0.5) is 0 Å². The number of hydrogen-bond acceptors (Lipinski definition) is 7.